The molecular weight excluding hydrogens is 318 g/mol. The Labute approximate surface area is 157 Å². The molecule has 3 heteroatoms. The molecule has 2 heterocycles. The highest BCUT2D eigenvalue weighted by Crippen LogP contribution is 2.61. The zero-order valence-corrected chi connectivity index (χ0v) is 16.4. The number of hydrogen-bond acceptors (Lipinski definition) is 2. The van der Waals surface area contributed by atoms with Crippen LogP contribution >= 0.6 is 0 Å². The average Bonchev–Trinajstić information content (AvgIpc) is 3.03. The van der Waals surface area contributed by atoms with Crippen molar-refractivity contribution in [2.45, 2.75) is 46.1 Å². The minimum absolute atomic E-state index is 0.615. The fourth-order valence-electron chi connectivity index (χ4n) is 6.17. The van der Waals surface area contributed by atoms with Gasteiger partial charge in [-0.05, 0) is 67.0 Å². The van der Waals surface area contributed by atoms with Crippen LogP contribution < -0.4 is 5.32 Å². The van der Waals surface area contributed by atoms with Crippen LogP contribution in [0.4, 0.5) is 0 Å². The van der Waals surface area contributed by atoms with E-state index in [4.69, 9.17) is 0 Å². The van der Waals surface area contributed by atoms with E-state index in [1.165, 1.54) is 55.4 Å². The molecule has 3 fully saturated rings. The third-order valence-corrected chi connectivity index (χ3v) is 7.97. The Hall–Kier alpha value is -1.32. The van der Waals surface area contributed by atoms with Crippen molar-refractivity contribution in [2.75, 3.05) is 26.2 Å². The number of fused-ring (bicyclic) bond motifs is 5. The standard InChI is InChI=1S/C23H33N3/c1-23(2)17-8-7-16(20(23)13-17)14-24-10-12-26-11-9-19-18-5-3-4-6-21(18)25-22(19)15-26/h3-6,16-17,20,24-25H,7-15H2,1-2H3/t16-,17-,20-/m0/s1. The van der Waals surface area contributed by atoms with Gasteiger partial charge >= 0.3 is 0 Å². The van der Waals surface area contributed by atoms with Crippen molar-refractivity contribution < 1.29 is 0 Å². The summed E-state index contributed by atoms with van der Waals surface area (Å²) in [6.45, 7) is 10.8. The maximum absolute atomic E-state index is 3.79. The van der Waals surface area contributed by atoms with E-state index in [2.05, 4.69) is 53.3 Å². The van der Waals surface area contributed by atoms with E-state index in [1.54, 1.807) is 5.56 Å². The summed E-state index contributed by atoms with van der Waals surface area (Å²) in [5.41, 5.74) is 4.90. The second-order valence-corrected chi connectivity index (χ2v) is 9.56. The number of nitrogens with zero attached hydrogens (tertiary/aromatic N) is 1. The Morgan fingerprint density at radius 1 is 1.23 bits per heavy atom. The Bertz CT molecular complexity index is 788. The topological polar surface area (TPSA) is 31.1 Å². The number of H-pyrrole nitrogens is 1. The van der Waals surface area contributed by atoms with Gasteiger partial charge in [-0.1, -0.05) is 32.0 Å². The van der Waals surface area contributed by atoms with E-state index < -0.39 is 0 Å². The molecule has 1 aromatic heterocycles. The van der Waals surface area contributed by atoms with Crippen molar-refractivity contribution in [2.24, 2.45) is 23.2 Å². The summed E-state index contributed by atoms with van der Waals surface area (Å²) >= 11 is 0. The summed E-state index contributed by atoms with van der Waals surface area (Å²) in [6, 6.07) is 8.75. The second kappa shape index (κ2) is 6.38. The molecule has 140 valence electrons. The van der Waals surface area contributed by atoms with Crippen molar-refractivity contribution in [3.63, 3.8) is 0 Å². The zero-order valence-electron chi connectivity index (χ0n) is 16.4. The summed E-state index contributed by atoms with van der Waals surface area (Å²) in [5.74, 6) is 2.90. The van der Waals surface area contributed by atoms with Crippen molar-refractivity contribution in [1.82, 2.24) is 15.2 Å². The maximum atomic E-state index is 3.79. The Kier molecular flexibility index (Phi) is 4.13. The molecule has 3 aliphatic carbocycles. The van der Waals surface area contributed by atoms with E-state index in [0.29, 0.717) is 5.41 Å². The smallest absolute Gasteiger partial charge is 0.0459 e. The van der Waals surface area contributed by atoms with E-state index in [9.17, 15) is 0 Å². The number of aromatic amines is 1. The van der Waals surface area contributed by atoms with Crippen LogP contribution in [0.2, 0.25) is 0 Å². The quantitative estimate of drug-likeness (QED) is 0.792. The van der Waals surface area contributed by atoms with Gasteiger partial charge < -0.3 is 10.3 Å². The van der Waals surface area contributed by atoms with E-state index in [-0.39, 0.29) is 0 Å². The maximum Gasteiger partial charge on any atom is 0.0459 e. The van der Waals surface area contributed by atoms with E-state index in [1.807, 2.05) is 0 Å². The van der Waals surface area contributed by atoms with Gasteiger partial charge in [0.05, 0.1) is 0 Å². The molecule has 2 N–H and O–H groups in total. The van der Waals surface area contributed by atoms with Crippen LogP contribution in [-0.2, 0) is 13.0 Å². The number of rotatable bonds is 5. The minimum atomic E-state index is 0.615. The second-order valence-electron chi connectivity index (χ2n) is 9.56. The van der Waals surface area contributed by atoms with Crippen LogP contribution in [0.5, 0.6) is 0 Å². The summed E-state index contributed by atoms with van der Waals surface area (Å²) in [5, 5.41) is 5.22. The van der Waals surface area contributed by atoms with E-state index >= 15 is 0 Å². The predicted octanol–water partition coefficient (Wildman–Crippen LogP) is 4.19. The molecule has 4 aliphatic rings. The molecule has 2 aromatic rings. The minimum Gasteiger partial charge on any atom is -0.357 e. The molecule has 1 aromatic carbocycles. The summed E-state index contributed by atoms with van der Waals surface area (Å²) < 4.78 is 0. The zero-order chi connectivity index (χ0) is 17.7. The number of benzene rings is 1. The van der Waals surface area contributed by atoms with Gasteiger partial charge in [-0.2, -0.15) is 0 Å². The lowest BCUT2D eigenvalue weighted by molar-refractivity contribution is -0.103. The van der Waals surface area contributed by atoms with Gasteiger partial charge in [0.15, 0.2) is 0 Å². The van der Waals surface area contributed by atoms with Crippen LogP contribution in [0, 0.1) is 23.2 Å². The molecule has 6 rings (SSSR count). The van der Waals surface area contributed by atoms with Crippen molar-refractivity contribution in [3.05, 3.63) is 35.5 Å². The molecule has 26 heavy (non-hydrogen) atoms. The molecule has 0 saturated heterocycles. The van der Waals surface area contributed by atoms with Crippen molar-refractivity contribution >= 4 is 10.9 Å². The highest BCUT2D eigenvalue weighted by atomic mass is 15.2. The Balaban J connectivity index is 1.12. The first kappa shape index (κ1) is 16.8. The lowest BCUT2D eigenvalue weighted by atomic mass is 9.45. The highest BCUT2D eigenvalue weighted by Gasteiger charge is 2.53. The summed E-state index contributed by atoms with van der Waals surface area (Å²) in [7, 11) is 0. The first-order valence-electron chi connectivity index (χ1n) is 10.6. The fraction of sp³-hybridized carbons (Fsp3) is 0.652. The van der Waals surface area contributed by atoms with Crippen LogP contribution in [0.1, 0.15) is 44.4 Å². The molecule has 1 aliphatic heterocycles. The predicted molar refractivity (Wildman–Crippen MR) is 108 cm³/mol. The van der Waals surface area contributed by atoms with Gasteiger partial charge in [0.2, 0.25) is 0 Å². The normalized spacial score (nSPS) is 30.2. The Morgan fingerprint density at radius 2 is 2.12 bits per heavy atom. The third-order valence-electron chi connectivity index (χ3n) is 7.97. The number of aromatic nitrogens is 1. The molecular formula is C23H33N3. The molecule has 0 radical (unpaired) electrons. The summed E-state index contributed by atoms with van der Waals surface area (Å²) in [6.07, 6.45) is 5.59. The molecule has 0 spiro atoms. The van der Waals surface area contributed by atoms with Crippen LogP contribution in [0.15, 0.2) is 24.3 Å². The highest BCUT2D eigenvalue weighted by molar-refractivity contribution is 5.84. The fourth-order valence-corrected chi connectivity index (χ4v) is 6.17. The number of hydrogen-bond donors (Lipinski definition) is 2. The van der Waals surface area contributed by atoms with Crippen molar-refractivity contribution in [3.8, 4) is 0 Å². The van der Waals surface area contributed by atoms with Crippen molar-refractivity contribution in [1.29, 1.82) is 0 Å². The summed E-state index contributed by atoms with van der Waals surface area (Å²) in [4.78, 5) is 6.25. The Morgan fingerprint density at radius 3 is 2.96 bits per heavy atom. The van der Waals surface area contributed by atoms with Gasteiger partial charge in [0.25, 0.3) is 0 Å². The van der Waals surface area contributed by atoms with Gasteiger partial charge in [-0.3, -0.25) is 4.90 Å². The monoisotopic (exact) mass is 351 g/mol. The molecule has 3 saturated carbocycles. The molecule has 0 amide bonds. The van der Waals surface area contributed by atoms with Crippen LogP contribution in [0.3, 0.4) is 0 Å². The first-order chi connectivity index (χ1) is 12.6. The van der Waals surface area contributed by atoms with Crippen LogP contribution in [0.25, 0.3) is 10.9 Å². The van der Waals surface area contributed by atoms with Crippen LogP contribution in [-0.4, -0.2) is 36.1 Å². The largest absolute Gasteiger partial charge is 0.357 e. The first-order valence-corrected chi connectivity index (χ1v) is 10.6. The van der Waals surface area contributed by atoms with Gasteiger partial charge in [-0.25, -0.2) is 0 Å². The number of nitrogens with one attached hydrogen (secondary N) is 2. The number of para-hydroxylation sites is 1. The lowest BCUT2D eigenvalue weighted by Gasteiger charge is -2.60. The SMILES string of the molecule is CC1(C)[C@H]2CC[C@@H](CNCCN3CCc4c([nH]c5ccccc45)C3)[C@@H]1C2. The lowest BCUT2D eigenvalue weighted by Crippen LogP contribution is -2.54. The van der Waals surface area contributed by atoms with Gasteiger partial charge in [0, 0.05) is 42.8 Å². The van der Waals surface area contributed by atoms with Gasteiger partial charge in [-0.15, -0.1) is 0 Å². The molecule has 0 unspecified atom stereocenters. The third kappa shape index (κ3) is 2.71. The molecule has 3 atom stereocenters. The average molecular weight is 352 g/mol. The molecule has 3 nitrogen and oxygen atoms in total. The molecule has 2 bridgehead atoms. The van der Waals surface area contributed by atoms with Gasteiger partial charge in [0.1, 0.15) is 0 Å². The van der Waals surface area contributed by atoms with E-state index in [0.717, 1.165) is 37.4 Å².